The number of benzene rings is 2. The van der Waals surface area contributed by atoms with Gasteiger partial charge in [-0.25, -0.2) is 8.78 Å². The zero-order chi connectivity index (χ0) is 16.7. The lowest BCUT2D eigenvalue weighted by Crippen LogP contribution is -2.36. The fraction of sp³-hybridized carbons (Fsp3) is 0.222. The highest BCUT2D eigenvalue weighted by molar-refractivity contribution is 5.95. The number of rotatable bonds is 7. The molecule has 0 heterocycles. The Kier molecular flexibility index (Phi) is 5.97. The Morgan fingerprint density at radius 2 is 1.83 bits per heavy atom. The molecular formula is C18H16F2NO2. The molecule has 0 bridgehead atoms. The van der Waals surface area contributed by atoms with Crippen LogP contribution in [0.3, 0.4) is 0 Å². The lowest BCUT2D eigenvalue weighted by Gasteiger charge is -2.12. The maximum absolute atomic E-state index is 13.1. The molecule has 0 aromatic heterocycles. The lowest BCUT2D eigenvalue weighted by molar-refractivity contribution is 0.0944. The van der Waals surface area contributed by atoms with Crippen molar-refractivity contribution >= 4 is 12.2 Å². The van der Waals surface area contributed by atoms with E-state index in [0.717, 1.165) is 24.1 Å². The third kappa shape index (κ3) is 4.98. The molecular weight excluding hydrogens is 300 g/mol. The van der Waals surface area contributed by atoms with Crippen LogP contribution in [0.1, 0.15) is 28.8 Å². The van der Waals surface area contributed by atoms with Gasteiger partial charge in [-0.1, -0.05) is 30.3 Å². The molecule has 0 aliphatic rings. The number of hydrogen-bond acceptors (Lipinski definition) is 2. The zero-order valence-electron chi connectivity index (χ0n) is 12.4. The molecule has 23 heavy (non-hydrogen) atoms. The molecule has 2 aromatic rings. The molecule has 3 nitrogen and oxygen atoms in total. The van der Waals surface area contributed by atoms with Gasteiger partial charge in [-0.3, -0.25) is 9.59 Å². The standard InChI is InChI=1S/C18H16F2NO2/c19-16-10-9-14(11-17(16)20)18(23)21-15(12-22)8-4-7-13-5-2-1-3-6-13/h1-3,5-6,9-11,15H,4,7-8H2,(H,21,23)/t15-/m1/s1. The molecule has 0 saturated carbocycles. The van der Waals surface area contributed by atoms with Gasteiger partial charge in [0.2, 0.25) is 6.29 Å². The summed E-state index contributed by atoms with van der Waals surface area (Å²) in [5, 5.41) is 2.46. The summed E-state index contributed by atoms with van der Waals surface area (Å²) in [7, 11) is 0. The highest BCUT2D eigenvalue weighted by Crippen LogP contribution is 2.10. The first-order valence-corrected chi connectivity index (χ1v) is 7.27. The Balaban J connectivity index is 1.87. The molecule has 0 aliphatic heterocycles. The molecule has 0 aliphatic carbocycles. The topological polar surface area (TPSA) is 46.2 Å². The van der Waals surface area contributed by atoms with E-state index in [1.54, 1.807) is 6.29 Å². The first-order valence-electron chi connectivity index (χ1n) is 7.27. The summed E-state index contributed by atoms with van der Waals surface area (Å²) in [5.74, 6) is -2.76. The van der Waals surface area contributed by atoms with Crippen LogP contribution in [-0.4, -0.2) is 18.2 Å². The largest absolute Gasteiger partial charge is 0.342 e. The van der Waals surface area contributed by atoms with Gasteiger partial charge in [0.25, 0.3) is 5.91 Å². The van der Waals surface area contributed by atoms with Gasteiger partial charge >= 0.3 is 0 Å². The van der Waals surface area contributed by atoms with Crippen molar-refractivity contribution in [3.63, 3.8) is 0 Å². The van der Waals surface area contributed by atoms with Crippen LogP contribution in [0, 0.1) is 11.6 Å². The summed E-state index contributed by atoms with van der Waals surface area (Å²) in [6.45, 7) is 0. The number of nitrogens with one attached hydrogen (secondary N) is 1. The maximum Gasteiger partial charge on any atom is 0.251 e. The van der Waals surface area contributed by atoms with E-state index >= 15 is 0 Å². The Hall–Kier alpha value is -2.56. The maximum atomic E-state index is 13.1. The first kappa shape index (κ1) is 16.8. The molecule has 1 N–H and O–H groups in total. The number of carbonyl (C=O) groups is 1. The van der Waals surface area contributed by atoms with Gasteiger partial charge in [-0.2, -0.15) is 0 Å². The minimum absolute atomic E-state index is 0.0350. The minimum atomic E-state index is -1.10. The number of hydrogen-bond donors (Lipinski definition) is 1. The van der Waals surface area contributed by atoms with E-state index in [-0.39, 0.29) is 5.56 Å². The lowest BCUT2D eigenvalue weighted by atomic mass is 10.0. The van der Waals surface area contributed by atoms with Crippen molar-refractivity contribution in [2.75, 3.05) is 0 Å². The fourth-order valence-corrected chi connectivity index (χ4v) is 2.19. The van der Waals surface area contributed by atoms with Crippen LogP contribution in [0.2, 0.25) is 0 Å². The van der Waals surface area contributed by atoms with E-state index in [2.05, 4.69) is 5.32 Å². The van der Waals surface area contributed by atoms with Gasteiger partial charge in [-0.05, 0) is 43.0 Å². The van der Waals surface area contributed by atoms with Gasteiger partial charge in [0.15, 0.2) is 11.6 Å². The van der Waals surface area contributed by atoms with Crippen LogP contribution in [0.15, 0.2) is 48.5 Å². The molecule has 1 atom stereocenters. The van der Waals surface area contributed by atoms with E-state index in [4.69, 9.17) is 0 Å². The van der Waals surface area contributed by atoms with Crippen LogP contribution in [0.5, 0.6) is 0 Å². The average Bonchev–Trinajstić information content (AvgIpc) is 2.57. The second-order valence-corrected chi connectivity index (χ2v) is 5.15. The molecule has 2 rings (SSSR count). The molecule has 0 saturated heterocycles. The summed E-state index contributed by atoms with van der Waals surface area (Å²) in [6, 6.07) is 11.8. The van der Waals surface area contributed by atoms with Crippen LogP contribution < -0.4 is 5.32 Å². The number of aryl methyl sites for hydroxylation is 1. The zero-order valence-corrected chi connectivity index (χ0v) is 12.4. The normalized spacial score (nSPS) is 11.7. The molecule has 0 fully saturated rings. The summed E-state index contributed by atoms with van der Waals surface area (Å²) in [4.78, 5) is 22.9. The molecule has 0 unspecified atom stereocenters. The van der Waals surface area contributed by atoms with Crippen LogP contribution >= 0.6 is 0 Å². The van der Waals surface area contributed by atoms with Crippen molar-refractivity contribution < 1.29 is 18.4 Å². The van der Waals surface area contributed by atoms with Crippen molar-refractivity contribution in [3.05, 3.63) is 71.3 Å². The number of carbonyl (C=O) groups excluding carboxylic acids is 2. The van der Waals surface area contributed by atoms with E-state index < -0.39 is 23.6 Å². The summed E-state index contributed by atoms with van der Waals surface area (Å²) >= 11 is 0. The SMILES string of the molecule is O=[C][C@@H](CCCc1ccccc1)NC(=O)c1ccc(F)c(F)c1. The second kappa shape index (κ2) is 8.17. The monoisotopic (exact) mass is 316 g/mol. The molecule has 2 aromatic carbocycles. The smallest absolute Gasteiger partial charge is 0.251 e. The molecule has 1 radical (unpaired) electrons. The highest BCUT2D eigenvalue weighted by Gasteiger charge is 2.15. The predicted molar refractivity (Wildman–Crippen MR) is 82.7 cm³/mol. The molecule has 119 valence electrons. The Labute approximate surface area is 133 Å². The van der Waals surface area contributed by atoms with E-state index in [1.165, 1.54) is 6.07 Å². The van der Waals surface area contributed by atoms with Gasteiger partial charge < -0.3 is 5.32 Å². The van der Waals surface area contributed by atoms with Gasteiger partial charge in [-0.15, -0.1) is 0 Å². The molecule has 5 heteroatoms. The van der Waals surface area contributed by atoms with Crippen molar-refractivity contribution in [2.24, 2.45) is 0 Å². The predicted octanol–water partition coefficient (Wildman–Crippen LogP) is 3.20. The summed E-state index contributed by atoms with van der Waals surface area (Å²) in [6.07, 6.45) is 3.66. The van der Waals surface area contributed by atoms with Crippen molar-refractivity contribution in [1.82, 2.24) is 5.32 Å². The van der Waals surface area contributed by atoms with Gasteiger partial charge in [0.1, 0.15) is 0 Å². The molecule has 0 spiro atoms. The summed E-state index contributed by atoms with van der Waals surface area (Å²) in [5.41, 5.74) is 1.11. The Bertz CT molecular complexity index is 674. The van der Waals surface area contributed by atoms with Crippen molar-refractivity contribution in [3.8, 4) is 0 Å². The van der Waals surface area contributed by atoms with Crippen LogP contribution in [-0.2, 0) is 11.2 Å². The van der Waals surface area contributed by atoms with Crippen molar-refractivity contribution in [1.29, 1.82) is 0 Å². The van der Waals surface area contributed by atoms with E-state index in [9.17, 15) is 18.4 Å². The Morgan fingerprint density at radius 3 is 2.48 bits per heavy atom. The summed E-state index contributed by atoms with van der Waals surface area (Å²) < 4.78 is 26.0. The highest BCUT2D eigenvalue weighted by atomic mass is 19.2. The van der Waals surface area contributed by atoms with Gasteiger partial charge in [0, 0.05) is 5.56 Å². The first-order chi connectivity index (χ1) is 11.1. The third-order valence-electron chi connectivity index (χ3n) is 3.43. The number of halogens is 2. The van der Waals surface area contributed by atoms with Crippen LogP contribution in [0.4, 0.5) is 8.78 Å². The van der Waals surface area contributed by atoms with Crippen LogP contribution in [0.25, 0.3) is 0 Å². The molecule has 1 amide bonds. The average molecular weight is 316 g/mol. The minimum Gasteiger partial charge on any atom is -0.342 e. The fourth-order valence-electron chi connectivity index (χ4n) is 2.19. The third-order valence-corrected chi connectivity index (χ3v) is 3.43. The van der Waals surface area contributed by atoms with E-state index in [0.29, 0.717) is 12.8 Å². The number of amides is 1. The van der Waals surface area contributed by atoms with Crippen molar-refractivity contribution in [2.45, 2.75) is 25.3 Å². The quantitative estimate of drug-likeness (QED) is 0.852. The van der Waals surface area contributed by atoms with Gasteiger partial charge in [0.05, 0.1) is 6.04 Å². The van der Waals surface area contributed by atoms with E-state index in [1.807, 2.05) is 30.3 Å². The Morgan fingerprint density at radius 1 is 1.09 bits per heavy atom. The second-order valence-electron chi connectivity index (χ2n) is 5.15.